The van der Waals surface area contributed by atoms with Crippen LogP contribution in [0.1, 0.15) is 25.8 Å². The highest BCUT2D eigenvalue weighted by Gasteiger charge is 2.07. The monoisotopic (exact) mass is 316 g/mol. The van der Waals surface area contributed by atoms with Crippen LogP contribution in [0.25, 0.3) is 0 Å². The van der Waals surface area contributed by atoms with Gasteiger partial charge >= 0.3 is 0 Å². The fourth-order valence-electron chi connectivity index (χ4n) is 1.85. The molecule has 0 amide bonds. The minimum absolute atomic E-state index is 0.286. The van der Waals surface area contributed by atoms with Crippen LogP contribution >= 0.6 is 11.6 Å². The molecule has 0 fully saturated rings. The molecule has 0 aliphatic rings. The third-order valence-electron chi connectivity index (χ3n) is 2.97. The van der Waals surface area contributed by atoms with Gasteiger partial charge in [0.15, 0.2) is 0 Å². The maximum atomic E-state index is 9.82. The highest BCUT2D eigenvalue weighted by atomic mass is 35.5. The number of ether oxygens (including phenoxy) is 2. The lowest BCUT2D eigenvalue weighted by Crippen LogP contribution is -2.86. The number of benzene rings is 1. The van der Waals surface area contributed by atoms with Gasteiger partial charge < -0.3 is 19.9 Å². The van der Waals surface area contributed by atoms with E-state index in [-0.39, 0.29) is 6.10 Å². The summed E-state index contributed by atoms with van der Waals surface area (Å²) in [4.78, 5) is 0. The first kappa shape index (κ1) is 18.4. The fourth-order valence-corrected chi connectivity index (χ4v) is 2.04. The highest BCUT2D eigenvalue weighted by molar-refractivity contribution is 6.31. The van der Waals surface area contributed by atoms with E-state index in [9.17, 15) is 5.11 Å². The van der Waals surface area contributed by atoms with Gasteiger partial charge in [0.05, 0.1) is 32.5 Å². The molecule has 1 aromatic rings. The zero-order valence-corrected chi connectivity index (χ0v) is 13.7. The third kappa shape index (κ3) is 9.06. The molecule has 0 saturated carbocycles. The number of hydrogen-bond acceptors (Lipinski definition) is 3. The van der Waals surface area contributed by atoms with Crippen molar-refractivity contribution in [1.82, 2.24) is 0 Å². The van der Waals surface area contributed by atoms with Crippen molar-refractivity contribution in [2.45, 2.75) is 39.1 Å². The summed E-state index contributed by atoms with van der Waals surface area (Å²) in [7, 11) is 0. The van der Waals surface area contributed by atoms with Gasteiger partial charge in [-0.15, -0.1) is 0 Å². The summed E-state index contributed by atoms with van der Waals surface area (Å²) in [6, 6.07) is 7.58. The Morgan fingerprint density at radius 1 is 1.29 bits per heavy atom. The zero-order valence-electron chi connectivity index (χ0n) is 12.9. The predicted octanol–water partition coefficient (Wildman–Crippen LogP) is 1.60. The van der Waals surface area contributed by atoms with Crippen LogP contribution in [0.3, 0.4) is 0 Å². The lowest BCUT2D eigenvalue weighted by molar-refractivity contribution is -0.661. The van der Waals surface area contributed by atoms with Gasteiger partial charge in [-0.05, 0) is 25.5 Å². The molecular weight excluding hydrogens is 290 g/mol. The van der Waals surface area contributed by atoms with Crippen LogP contribution in [-0.2, 0) is 16.1 Å². The Morgan fingerprint density at radius 2 is 2.05 bits per heavy atom. The van der Waals surface area contributed by atoms with Crippen molar-refractivity contribution in [3.8, 4) is 0 Å². The zero-order chi connectivity index (χ0) is 15.5. The second-order valence-corrected chi connectivity index (χ2v) is 5.75. The predicted molar refractivity (Wildman–Crippen MR) is 84.5 cm³/mol. The summed E-state index contributed by atoms with van der Waals surface area (Å²) < 4.78 is 10.9. The molecule has 0 spiro atoms. The first-order valence-corrected chi connectivity index (χ1v) is 7.90. The van der Waals surface area contributed by atoms with Gasteiger partial charge in [0.25, 0.3) is 0 Å². The second-order valence-electron chi connectivity index (χ2n) is 5.35. The Balaban J connectivity index is 2.01. The molecule has 4 nitrogen and oxygen atoms in total. The number of hydrogen-bond donors (Lipinski definition) is 2. The quantitative estimate of drug-likeness (QED) is 0.610. The number of rotatable bonds is 11. The number of aliphatic hydroxyl groups is 1. The van der Waals surface area contributed by atoms with Crippen molar-refractivity contribution in [2.24, 2.45) is 0 Å². The van der Waals surface area contributed by atoms with Gasteiger partial charge in [-0.25, -0.2) is 0 Å². The summed E-state index contributed by atoms with van der Waals surface area (Å²) in [6.07, 6.45) is 0.818. The summed E-state index contributed by atoms with van der Waals surface area (Å²) >= 11 is 6.03. The Kier molecular flexibility index (Phi) is 9.63. The van der Waals surface area contributed by atoms with Crippen molar-refractivity contribution >= 4 is 11.6 Å². The Labute approximate surface area is 132 Å². The first-order chi connectivity index (χ1) is 10.1. The Hall–Kier alpha value is -0.650. The van der Waals surface area contributed by atoms with E-state index in [4.69, 9.17) is 21.1 Å². The van der Waals surface area contributed by atoms with Crippen LogP contribution in [0.4, 0.5) is 0 Å². The van der Waals surface area contributed by atoms with Crippen LogP contribution in [0.15, 0.2) is 24.3 Å². The van der Waals surface area contributed by atoms with E-state index in [0.717, 1.165) is 25.1 Å². The molecule has 21 heavy (non-hydrogen) atoms. The molecule has 0 aliphatic carbocycles. The maximum absolute atomic E-state index is 9.82. The van der Waals surface area contributed by atoms with Crippen LogP contribution in [-0.4, -0.2) is 43.6 Å². The molecule has 1 aromatic carbocycles. The number of halogens is 1. The number of nitrogens with two attached hydrogens (primary N) is 1. The smallest absolute Gasteiger partial charge is 0.126 e. The maximum Gasteiger partial charge on any atom is 0.126 e. The average Bonchev–Trinajstić information content (AvgIpc) is 2.44. The molecule has 120 valence electrons. The van der Waals surface area contributed by atoms with Crippen molar-refractivity contribution < 1.29 is 19.9 Å². The third-order valence-corrected chi connectivity index (χ3v) is 3.34. The minimum Gasteiger partial charge on any atom is -0.385 e. The van der Waals surface area contributed by atoms with E-state index in [1.165, 1.54) is 0 Å². The van der Waals surface area contributed by atoms with Gasteiger partial charge in [-0.1, -0.05) is 29.8 Å². The average molecular weight is 317 g/mol. The standard InChI is InChI=1S/C16H26ClNO3/c1-13(2)21-9-5-8-18-10-15(19)12-20-11-14-6-3-4-7-16(14)17/h3-4,6-7,13,15,18-19H,5,8-12H2,1-2H3/p+1/t15-/m1/s1. The van der Waals surface area contributed by atoms with Crippen molar-refractivity contribution in [1.29, 1.82) is 0 Å². The van der Waals surface area contributed by atoms with Crippen LogP contribution < -0.4 is 5.32 Å². The molecule has 0 unspecified atom stereocenters. The Bertz CT molecular complexity index is 388. The van der Waals surface area contributed by atoms with E-state index in [2.05, 4.69) is 5.32 Å². The molecule has 0 saturated heterocycles. The number of quaternary nitrogens is 1. The van der Waals surface area contributed by atoms with Crippen LogP contribution in [0, 0.1) is 0 Å². The van der Waals surface area contributed by atoms with Gasteiger partial charge in [0.1, 0.15) is 12.6 Å². The number of aliphatic hydroxyl groups excluding tert-OH is 1. The van der Waals surface area contributed by atoms with Gasteiger partial charge in [-0.3, -0.25) is 0 Å². The molecule has 0 heterocycles. The molecule has 5 heteroatoms. The summed E-state index contributed by atoms with van der Waals surface area (Å²) in [5, 5.41) is 12.6. The lowest BCUT2D eigenvalue weighted by Gasteiger charge is -2.11. The van der Waals surface area contributed by atoms with Crippen molar-refractivity contribution in [3.63, 3.8) is 0 Å². The highest BCUT2D eigenvalue weighted by Crippen LogP contribution is 2.15. The molecule has 0 aliphatic heterocycles. The fraction of sp³-hybridized carbons (Fsp3) is 0.625. The SMILES string of the molecule is CC(C)OCCC[NH2+]C[C@@H](O)COCc1ccccc1Cl. The summed E-state index contributed by atoms with van der Waals surface area (Å²) in [6.45, 7) is 7.18. The van der Waals surface area contributed by atoms with Crippen molar-refractivity contribution in [2.75, 3.05) is 26.3 Å². The Morgan fingerprint density at radius 3 is 2.76 bits per heavy atom. The molecule has 3 N–H and O–H groups in total. The summed E-state index contributed by atoms with van der Waals surface area (Å²) in [5.41, 5.74) is 0.946. The first-order valence-electron chi connectivity index (χ1n) is 7.52. The molecule has 1 rings (SSSR count). The molecule has 1 atom stereocenters. The van der Waals surface area contributed by atoms with Crippen molar-refractivity contribution in [3.05, 3.63) is 34.9 Å². The molecule has 0 aromatic heterocycles. The normalized spacial score (nSPS) is 12.8. The molecule has 0 radical (unpaired) electrons. The largest absolute Gasteiger partial charge is 0.385 e. The van der Waals surface area contributed by atoms with E-state index < -0.39 is 6.10 Å². The summed E-state index contributed by atoms with van der Waals surface area (Å²) in [5.74, 6) is 0. The van der Waals surface area contributed by atoms with Crippen LogP contribution in [0.2, 0.25) is 5.02 Å². The van der Waals surface area contributed by atoms with Gasteiger partial charge in [0, 0.05) is 11.4 Å². The second kappa shape index (κ2) is 11.0. The topological polar surface area (TPSA) is 55.3 Å². The van der Waals surface area contributed by atoms with E-state index in [1.807, 2.05) is 38.1 Å². The van der Waals surface area contributed by atoms with E-state index in [1.54, 1.807) is 0 Å². The van der Waals surface area contributed by atoms with Gasteiger partial charge in [-0.2, -0.15) is 0 Å². The van der Waals surface area contributed by atoms with E-state index in [0.29, 0.717) is 24.8 Å². The molecule has 0 bridgehead atoms. The van der Waals surface area contributed by atoms with Gasteiger partial charge in [0.2, 0.25) is 0 Å². The minimum atomic E-state index is -0.460. The lowest BCUT2D eigenvalue weighted by atomic mass is 10.2. The molecular formula is C16H27ClNO3+. The van der Waals surface area contributed by atoms with Crippen LogP contribution in [0.5, 0.6) is 0 Å². The van der Waals surface area contributed by atoms with E-state index >= 15 is 0 Å².